The van der Waals surface area contributed by atoms with E-state index < -0.39 is 23.1 Å². The first-order valence-electron chi connectivity index (χ1n) is 13.0. The first-order chi connectivity index (χ1) is 17.8. The van der Waals surface area contributed by atoms with Crippen molar-refractivity contribution in [3.05, 3.63) is 59.7 Å². The Balaban J connectivity index is 1.50. The van der Waals surface area contributed by atoms with Gasteiger partial charge in [0.15, 0.2) is 0 Å². The molecule has 1 N–H and O–H groups in total. The molecule has 0 radical (unpaired) electrons. The van der Waals surface area contributed by atoms with Gasteiger partial charge in [0.1, 0.15) is 17.1 Å². The van der Waals surface area contributed by atoms with Crippen LogP contribution >= 0.6 is 0 Å². The topological polar surface area (TPSA) is 66.0 Å². The molecular weight excluding hydrogens is 499 g/mol. The lowest BCUT2D eigenvalue weighted by atomic mass is 9.67. The van der Waals surface area contributed by atoms with Gasteiger partial charge in [-0.2, -0.15) is 0 Å². The third kappa shape index (κ3) is 4.86. The number of hydrogen-bond donors (Lipinski definition) is 1. The van der Waals surface area contributed by atoms with E-state index in [1.807, 2.05) is 51.1 Å². The summed E-state index contributed by atoms with van der Waals surface area (Å²) in [6.07, 6.45) is -2.30. The molecule has 2 aromatic rings. The van der Waals surface area contributed by atoms with Gasteiger partial charge in [-0.1, -0.05) is 30.3 Å². The molecule has 38 heavy (non-hydrogen) atoms. The molecule has 3 aliphatic rings. The minimum atomic E-state index is -4.79. The maximum atomic E-state index is 13.3. The number of piperidine rings is 1. The van der Waals surface area contributed by atoms with Gasteiger partial charge in [-0.3, -0.25) is 4.79 Å². The van der Waals surface area contributed by atoms with Crippen molar-refractivity contribution in [1.29, 1.82) is 0 Å². The number of fused-ring (bicyclic) bond motifs is 3. The zero-order valence-corrected chi connectivity index (χ0v) is 22.1. The van der Waals surface area contributed by atoms with E-state index in [1.165, 1.54) is 25.3 Å². The van der Waals surface area contributed by atoms with E-state index in [1.54, 1.807) is 0 Å². The lowest BCUT2D eigenvalue weighted by molar-refractivity contribution is -0.274. The highest BCUT2D eigenvalue weighted by atomic mass is 19.4. The quantitative estimate of drug-likeness (QED) is 0.487. The van der Waals surface area contributed by atoms with Crippen LogP contribution in [0.5, 0.6) is 11.5 Å². The number of rotatable bonds is 5. The van der Waals surface area contributed by atoms with Gasteiger partial charge in [0.2, 0.25) is 0 Å². The number of alkyl halides is 3. The molecule has 1 spiro atoms. The smallest absolute Gasteiger partial charge is 0.496 e. The second kappa shape index (κ2) is 9.45. The summed E-state index contributed by atoms with van der Waals surface area (Å²) in [5.41, 5.74) is -0.282. The fourth-order valence-corrected chi connectivity index (χ4v) is 6.63. The van der Waals surface area contributed by atoms with E-state index in [2.05, 4.69) is 10.1 Å². The Morgan fingerprint density at radius 1 is 1.08 bits per heavy atom. The third-order valence-corrected chi connectivity index (χ3v) is 8.07. The number of methoxy groups -OCH3 is 1. The average Bonchev–Trinajstić information content (AvgIpc) is 3.42. The van der Waals surface area contributed by atoms with E-state index in [0.29, 0.717) is 37.2 Å². The standard InChI is InChI=1S/C29H34F3NO5/c1-26(2,3)38-25(34)22-16-28(19-8-6-5-7-9-19)27(13-12-23(22)33-28)15-18(17-36-27)21-14-20(37-29(30,31)32)10-11-24(21)35-4/h5-11,14,18,22-23,33H,12-13,15-17H2,1-4H3/t18-,22?,23-,27-,28-/m1/s1. The summed E-state index contributed by atoms with van der Waals surface area (Å²) in [4.78, 5) is 13.3. The minimum absolute atomic E-state index is 0.0589. The van der Waals surface area contributed by atoms with Crippen molar-refractivity contribution in [2.45, 2.75) is 81.5 Å². The van der Waals surface area contributed by atoms with Crippen LogP contribution in [-0.2, 0) is 19.8 Å². The van der Waals surface area contributed by atoms with Crippen molar-refractivity contribution in [3.8, 4) is 11.5 Å². The molecule has 3 aliphatic heterocycles. The third-order valence-electron chi connectivity index (χ3n) is 8.07. The second-order valence-corrected chi connectivity index (χ2v) is 11.6. The van der Waals surface area contributed by atoms with Gasteiger partial charge in [-0.25, -0.2) is 0 Å². The Bertz CT molecular complexity index is 1180. The highest BCUT2D eigenvalue weighted by Gasteiger charge is 2.66. The fraction of sp³-hybridized carbons (Fsp3) is 0.552. The van der Waals surface area contributed by atoms with E-state index in [9.17, 15) is 18.0 Å². The molecule has 3 fully saturated rings. The van der Waals surface area contributed by atoms with Gasteiger partial charge < -0.3 is 24.3 Å². The summed E-state index contributed by atoms with van der Waals surface area (Å²) < 4.78 is 61.0. The number of esters is 1. The van der Waals surface area contributed by atoms with Crippen LogP contribution in [0, 0.1) is 5.92 Å². The number of carbonyl (C=O) groups is 1. The summed E-state index contributed by atoms with van der Waals surface area (Å²) in [6, 6.07) is 14.1. The Kier molecular flexibility index (Phi) is 6.67. The number of benzene rings is 2. The first kappa shape index (κ1) is 26.8. The summed E-state index contributed by atoms with van der Waals surface area (Å²) in [5.74, 6) is -0.591. The van der Waals surface area contributed by atoms with Gasteiger partial charge in [-0.15, -0.1) is 13.2 Å². The molecule has 5 atom stereocenters. The van der Waals surface area contributed by atoms with Crippen LogP contribution in [0.2, 0.25) is 0 Å². The predicted molar refractivity (Wildman–Crippen MR) is 134 cm³/mol. The summed E-state index contributed by atoms with van der Waals surface area (Å²) >= 11 is 0. The second-order valence-electron chi connectivity index (χ2n) is 11.6. The zero-order valence-electron chi connectivity index (χ0n) is 22.1. The molecule has 3 saturated heterocycles. The lowest BCUT2D eigenvalue weighted by Crippen LogP contribution is -2.61. The number of hydrogen-bond acceptors (Lipinski definition) is 6. The normalized spacial score (nSPS) is 30.9. The van der Waals surface area contributed by atoms with E-state index >= 15 is 0 Å². The molecule has 0 aromatic heterocycles. The molecule has 0 amide bonds. The molecule has 3 heterocycles. The Morgan fingerprint density at radius 3 is 2.47 bits per heavy atom. The first-order valence-corrected chi connectivity index (χ1v) is 13.0. The van der Waals surface area contributed by atoms with E-state index in [4.69, 9.17) is 14.2 Å². The lowest BCUT2D eigenvalue weighted by Gasteiger charge is -2.50. The van der Waals surface area contributed by atoms with Crippen molar-refractivity contribution in [2.24, 2.45) is 5.92 Å². The largest absolute Gasteiger partial charge is 0.573 e. The molecular formula is C29H34F3NO5. The molecule has 2 bridgehead atoms. The maximum Gasteiger partial charge on any atom is 0.573 e. The van der Waals surface area contributed by atoms with Gasteiger partial charge in [0.25, 0.3) is 0 Å². The summed E-state index contributed by atoms with van der Waals surface area (Å²) in [7, 11) is 1.50. The van der Waals surface area contributed by atoms with Crippen LogP contribution in [0.15, 0.2) is 48.5 Å². The van der Waals surface area contributed by atoms with Crippen molar-refractivity contribution in [2.75, 3.05) is 13.7 Å². The van der Waals surface area contributed by atoms with Crippen LogP contribution in [0.3, 0.4) is 0 Å². The Morgan fingerprint density at radius 2 is 1.82 bits per heavy atom. The van der Waals surface area contributed by atoms with Crippen molar-refractivity contribution >= 4 is 5.97 Å². The van der Waals surface area contributed by atoms with Gasteiger partial charge in [-0.05, 0) is 70.2 Å². The van der Waals surface area contributed by atoms with E-state index in [-0.39, 0.29) is 29.6 Å². The maximum absolute atomic E-state index is 13.3. The van der Waals surface area contributed by atoms with Gasteiger partial charge in [0.05, 0.1) is 30.8 Å². The zero-order chi connectivity index (χ0) is 27.3. The molecule has 0 aliphatic carbocycles. The predicted octanol–water partition coefficient (Wildman–Crippen LogP) is 5.85. The molecule has 206 valence electrons. The van der Waals surface area contributed by atoms with E-state index in [0.717, 1.165) is 12.0 Å². The molecule has 2 aromatic carbocycles. The minimum Gasteiger partial charge on any atom is -0.496 e. The Labute approximate surface area is 220 Å². The van der Waals surface area contributed by atoms with Crippen LogP contribution in [-0.4, -0.2) is 43.3 Å². The molecule has 0 saturated carbocycles. The fourth-order valence-electron chi connectivity index (χ4n) is 6.63. The van der Waals surface area contributed by atoms with Crippen molar-refractivity contribution < 1.29 is 36.9 Å². The number of nitrogens with one attached hydrogen (secondary N) is 1. The highest BCUT2D eigenvalue weighted by Crippen LogP contribution is 2.59. The highest BCUT2D eigenvalue weighted by molar-refractivity contribution is 5.75. The SMILES string of the molecule is COc1ccc(OC(F)(F)F)cc1[C@H]1CO[C@]2(CC[C@H]3N[C@@]2(c2ccccc2)CC3C(=O)OC(C)(C)C)C1. The van der Waals surface area contributed by atoms with Crippen LogP contribution in [0.4, 0.5) is 13.2 Å². The van der Waals surface area contributed by atoms with Crippen molar-refractivity contribution in [1.82, 2.24) is 5.32 Å². The molecule has 5 rings (SSSR count). The van der Waals surface area contributed by atoms with Crippen molar-refractivity contribution in [3.63, 3.8) is 0 Å². The number of carbonyl (C=O) groups excluding carboxylic acids is 1. The summed E-state index contributed by atoms with van der Waals surface area (Å²) in [6.45, 7) is 5.90. The average molecular weight is 534 g/mol. The van der Waals surface area contributed by atoms with Gasteiger partial charge >= 0.3 is 12.3 Å². The molecule has 9 heteroatoms. The van der Waals surface area contributed by atoms with Gasteiger partial charge in [0, 0.05) is 17.5 Å². The van der Waals surface area contributed by atoms with Crippen LogP contribution < -0.4 is 14.8 Å². The Hall–Kier alpha value is -2.78. The van der Waals surface area contributed by atoms with Crippen LogP contribution in [0.25, 0.3) is 0 Å². The summed E-state index contributed by atoms with van der Waals surface area (Å²) in [5, 5.41) is 3.78. The van der Waals surface area contributed by atoms with Crippen LogP contribution in [0.1, 0.15) is 63.5 Å². The molecule has 6 nitrogen and oxygen atoms in total. The monoisotopic (exact) mass is 533 g/mol. The molecule has 1 unspecified atom stereocenters. The number of ether oxygens (including phenoxy) is 4. The number of halogens is 3.